The number of hydrogen-bond acceptors (Lipinski definition) is 1. The smallest absolute Gasteiger partial charge is 0.259 e. The molecule has 0 aromatic heterocycles. The van der Waals surface area contributed by atoms with E-state index >= 15 is 0 Å². The van der Waals surface area contributed by atoms with Crippen LogP contribution in [0.5, 0.6) is 0 Å². The van der Waals surface area contributed by atoms with Crippen LogP contribution in [-0.4, -0.2) is 12.5 Å². The number of halogens is 2. The normalized spacial score (nSPS) is 10.5. The molecule has 0 heterocycles. The molecule has 0 fully saturated rings. The van der Waals surface area contributed by atoms with E-state index in [2.05, 4.69) is 12.1 Å². The summed E-state index contributed by atoms with van der Waals surface area (Å²) < 4.78 is 0. The quantitative estimate of drug-likeness (QED) is 0.490. The van der Waals surface area contributed by atoms with Crippen LogP contribution < -0.4 is 4.90 Å². The molecule has 1 amide bonds. The highest BCUT2D eigenvalue weighted by atomic mass is 35.5. The monoisotopic (exact) mass is 383 g/mol. The van der Waals surface area contributed by atoms with E-state index in [0.717, 1.165) is 18.5 Å². The fourth-order valence-electron chi connectivity index (χ4n) is 2.85. The maximum atomic E-state index is 13.1. The van der Waals surface area contributed by atoms with Gasteiger partial charge in [0.05, 0.1) is 10.6 Å². The van der Waals surface area contributed by atoms with E-state index < -0.39 is 0 Å². The number of anilines is 1. The molecule has 0 spiro atoms. The van der Waals surface area contributed by atoms with Crippen molar-refractivity contribution in [3.8, 4) is 0 Å². The number of carbonyl (C=O) groups is 1. The van der Waals surface area contributed by atoms with Gasteiger partial charge in [-0.2, -0.15) is 0 Å². The lowest BCUT2D eigenvalue weighted by Gasteiger charge is -2.23. The highest BCUT2D eigenvalue weighted by Gasteiger charge is 2.20. The average molecular weight is 384 g/mol. The lowest BCUT2D eigenvalue weighted by atomic mass is 10.1. The maximum Gasteiger partial charge on any atom is 0.259 e. The zero-order valence-electron chi connectivity index (χ0n) is 14.2. The van der Waals surface area contributed by atoms with Gasteiger partial charge in [-0.15, -0.1) is 0 Å². The summed E-state index contributed by atoms with van der Waals surface area (Å²) in [5.74, 6) is -0.120. The highest BCUT2D eigenvalue weighted by molar-refractivity contribution is 6.37. The van der Waals surface area contributed by atoms with Gasteiger partial charge in [-0.3, -0.25) is 4.79 Å². The Bertz CT molecular complexity index is 866. The van der Waals surface area contributed by atoms with Gasteiger partial charge in [0.25, 0.3) is 5.91 Å². The fraction of sp³-hybridized carbons (Fsp3) is 0.136. The van der Waals surface area contributed by atoms with Crippen LogP contribution >= 0.6 is 23.2 Å². The largest absolute Gasteiger partial charge is 0.308 e. The number of aryl methyl sites for hydroxylation is 1. The third-order valence-corrected chi connectivity index (χ3v) is 4.71. The number of benzene rings is 3. The lowest BCUT2D eigenvalue weighted by Crippen LogP contribution is -2.32. The third kappa shape index (κ3) is 4.66. The minimum atomic E-state index is -0.120. The van der Waals surface area contributed by atoms with Crippen molar-refractivity contribution in [1.29, 1.82) is 0 Å². The van der Waals surface area contributed by atoms with Crippen LogP contribution in [0.4, 0.5) is 5.69 Å². The molecule has 2 nitrogen and oxygen atoms in total. The molecule has 0 unspecified atom stereocenters. The topological polar surface area (TPSA) is 20.3 Å². The third-order valence-electron chi connectivity index (χ3n) is 4.16. The van der Waals surface area contributed by atoms with Crippen molar-refractivity contribution in [3.63, 3.8) is 0 Å². The predicted octanol–water partition coefficient (Wildman–Crippen LogP) is 6.27. The highest BCUT2D eigenvalue weighted by Crippen LogP contribution is 2.25. The second kappa shape index (κ2) is 8.88. The van der Waals surface area contributed by atoms with Crippen molar-refractivity contribution in [2.75, 3.05) is 11.4 Å². The van der Waals surface area contributed by atoms with E-state index in [0.29, 0.717) is 22.2 Å². The van der Waals surface area contributed by atoms with Gasteiger partial charge in [0.2, 0.25) is 0 Å². The van der Waals surface area contributed by atoms with Crippen LogP contribution in [0.2, 0.25) is 10.0 Å². The summed E-state index contributed by atoms with van der Waals surface area (Å²) in [7, 11) is 0. The first-order chi connectivity index (χ1) is 12.6. The standard InChI is InChI=1S/C22H19Cl2NO/c23-18-13-14-20(21(24)16-18)22(26)25(19-11-5-2-6-12-19)15-7-10-17-8-3-1-4-9-17/h1-6,8-9,11-14,16H,7,10,15H2. The Morgan fingerprint density at radius 1 is 0.846 bits per heavy atom. The van der Waals surface area contributed by atoms with Crippen molar-refractivity contribution >= 4 is 34.8 Å². The van der Waals surface area contributed by atoms with Gasteiger partial charge in [0, 0.05) is 17.3 Å². The Balaban J connectivity index is 1.80. The molecular weight excluding hydrogens is 365 g/mol. The van der Waals surface area contributed by atoms with Crippen LogP contribution in [-0.2, 0) is 6.42 Å². The molecule has 26 heavy (non-hydrogen) atoms. The first-order valence-corrected chi connectivity index (χ1v) is 9.26. The first kappa shape index (κ1) is 18.5. The summed E-state index contributed by atoms with van der Waals surface area (Å²) in [5.41, 5.74) is 2.58. The molecule has 0 N–H and O–H groups in total. The van der Waals surface area contributed by atoms with E-state index in [1.165, 1.54) is 5.56 Å². The molecule has 3 aromatic carbocycles. The Hall–Kier alpha value is -2.29. The van der Waals surface area contributed by atoms with E-state index in [1.807, 2.05) is 48.5 Å². The van der Waals surface area contributed by atoms with Crippen molar-refractivity contribution in [1.82, 2.24) is 0 Å². The Kier molecular flexibility index (Phi) is 6.32. The summed E-state index contributed by atoms with van der Waals surface area (Å²) in [5, 5.41) is 0.883. The summed E-state index contributed by atoms with van der Waals surface area (Å²) in [6.07, 6.45) is 1.77. The van der Waals surface area contributed by atoms with Crippen LogP contribution in [0.25, 0.3) is 0 Å². The van der Waals surface area contributed by atoms with Crippen molar-refractivity contribution in [2.24, 2.45) is 0 Å². The summed E-state index contributed by atoms with van der Waals surface area (Å²) in [4.78, 5) is 14.9. The minimum absolute atomic E-state index is 0.120. The summed E-state index contributed by atoms with van der Waals surface area (Å²) in [6, 6.07) is 24.9. The molecule has 0 aliphatic carbocycles. The number of nitrogens with zero attached hydrogens (tertiary/aromatic N) is 1. The number of amides is 1. The molecule has 0 aliphatic rings. The molecule has 0 atom stereocenters. The first-order valence-electron chi connectivity index (χ1n) is 8.51. The summed E-state index contributed by atoms with van der Waals surface area (Å²) >= 11 is 12.2. The molecule has 3 aromatic rings. The molecule has 3 rings (SSSR count). The van der Waals surface area contributed by atoms with Gasteiger partial charge in [0.1, 0.15) is 0 Å². The van der Waals surface area contributed by atoms with Gasteiger partial charge >= 0.3 is 0 Å². The van der Waals surface area contributed by atoms with Crippen LogP contribution in [0.1, 0.15) is 22.3 Å². The zero-order valence-corrected chi connectivity index (χ0v) is 15.8. The maximum absolute atomic E-state index is 13.1. The van der Waals surface area contributed by atoms with Gasteiger partial charge in [-0.25, -0.2) is 0 Å². The van der Waals surface area contributed by atoms with Crippen molar-refractivity contribution in [2.45, 2.75) is 12.8 Å². The second-order valence-electron chi connectivity index (χ2n) is 6.01. The lowest BCUT2D eigenvalue weighted by molar-refractivity contribution is 0.0987. The molecule has 0 radical (unpaired) electrons. The number of para-hydroxylation sites is 1. The van der Waals surface area contributed by atoms with E-state index in [9.17, 15) is 4.79 Å². The molecule has 132 valence electrons. The Morgan fingerprint density at radius 3 is 2.15 bits per heavy atom. The Labute approximate surface area is 164 Å². The fourth-order valence-corrected chi connectivity index (χ4v) is 3.34. The van der Waals surface area contributed by atoms with E-state index in [1.54, 1.807) is 23.1 Å². The average Bonchev–Trinajstić information content (AvgIpc) is 2.66. The molecule has 0 aliphatic heterocycles. The summed E-state index contributed by atoms with van der Waals surface area (Å²) in [6.45, 7) is 0.608. The number of carbonyl (C=O) groups excluding carboxylic acids is 1. The second-order valence-corrected chi connectivity index (χ2v) is 6.85. The van der Waals surface area contributed by atoms with E-state index in [4.69, 9.17) is 23.2 Å². The molecule has 4 heteroatoms. The van der Waals surface area contributed by atoms with Crippen LogP contribution in [0.3, 0.4) is 0 Å². The van der Waals surface area contributed by atoms with Gasteiger partial charge in [-0.05, 0) is 48.7 Å². The van der Waals surface area contributed by atoms with Crippen LogP contribution in [0.15, 0.2) is 78.9 Å². The van der Waals surface area contributed by atoms with E-state index in [-0.39, 0.29) is 5.91 Å². The Morgan fingerprint density at radius 2 is 1.50 bits per heavy atom. The molecule has 0 bridgehead atoms. The van der Waals surface area contributed by atoms with Gasteiger partial charge in [-0.1, -0.05) is 71.7 Å². The zero-order chi connectivity index (χ0) is 18.4. The van der Waals surface area contributed by atoms with Gasteiger partial charge in [0.15, 0.2) is 0 Å². The minimum Gasteiger partial charge on any atom is -0.308 e. The van der Waals surface area contributed by atoms with Crippen molar-refractivity contribution < 1.29 is 4.79 Å². The van der Waals surface area contributed by atoms with Crippen LogP contribution in [0, 0.1) is 0 Å². The van der Waals surface area contributed by atoms with Crippen molar-refractivity contribution in [3.05, 3.63) is 100 Å². The SMILES string of the molecule is O=C(c1ccc(Cl)cc1Cl)N(CCCc1ccccc1)c1ccccc1. The predicted molar refractivity (Wildman–Crippen MR) is 109 cm³/mol. The molecule has 0 saturated heterocycles. The number of rotatable bonds is 6. The molecular formula is C22H19Cl2NO. The van der Waals surface area contributed by atoms with Gasteiger partial charge < -0.3 is 4.90 Å². The number of hydrogen-bond donors (Lipinski definition) is 0. The molecule has 0 saturated carbocycles.